The summed E-state index contributed by atoms with van der Waals surface area (Å²) in [6.45, 7) is 8.42. The molecule has 7 unspecified atom stereocenters. The number of ether oxygens (including phenoxy) is 1. The Bertz CT molecular complexity index is 449. The molecule has 0 heterocycles. The zero-order valence-electron chi connectivity index (χ0n) is 13.3. The Morgan fingerprint density at radius 2 is 1.70 bits per heavy atom. The van der Waals surface area contributed by atoms with E-state index in [2.05, 4.69) is 20.8 Å². The van der Waals surface area contributed by atoms with Gasteiger partial charge in [0.05, 0.1) is 0 Å². The van der Waals surface area contributed by atoms with Gasteiger partial charge in [-0.25, -0.2) is 0 Å². The minimum absolute atomic E-state index is 0.0604. The molecule has 20 heavy (non-hydrogen) atoms. The van der Waals surface area contributed by atoms with E-state index in [0.29, 0.717) is 5.92 Å². The van der Waals surface area contributed by atoms with Crippen LogP contribution in [0.2, 0.25) is 0 Å². The van der Waals surface area contributed by atoms with Crippen LogP contribution in [0.15, 0.2) is 0 Å². The highest BCUT2D eigenvalue weighted by Gasteiger charge is 2.70. The highest BCUT2D eigenvalue weighted by atomic mass is 16.6. The van der Waals surface area contributed by atoms with E-state index in [-0.39, 0.29) is 17.0 Å². The lowest BCUT2D eigenvalue weighted by Gasteiger charge is -2.52. The summed E-state index contributed by atoms with van der Waals surface area (Å²) in [5.41, 5.74) is -0.125. The van der Waals surface area contributed by atoms with Gasteiger partial charge in [0.1, 0.15) is 5.60 Å². The Morgan fingerprint density at radius 1 is 1.05 bits per heavy atom. The van der Waals surface area contributed by atoms with Gasteiger partial charge in [-0.3, -0.25) is 4.79 Å². The maximum absolute atomic E-state index is 11.8. The topological polar surface area (TPSA) is 26.3 Å². The van der Waals surface area contributed by atoms with Gasteiger partial charge in [-0.05, 0) is 61.7 Å². The largest absolute Gasteiger partial charge is 0.458 e. The van der Waals surface area contributed by atoms with E-state index in [1.54, 1.807) is 6.92 Å². The molecule has 4 saturated carbocycles. The number of hydrogen-bond donors (Lipinski definition) is 0. The summed E-state index contributed by atoms with van der Waals surface area (Å²) >= 11 is 0. The third kappa shape index (κ3) is 1.43. The van der Waals surface area contributed by atoms with Crippen LogP contribution in [0, 0.1) is 40.9 Å². The molecule has 4 bridgehead atoms. The van der Waals surface area contributed by atoms with Crippen molar-refractivity contribution < 1.29 is 9.53 Å². The van der Waals surface area contributed by atoms with Crippen molar-refractivity contribution in [1.29, 1.82) is 0 Å². The second kappa shape index (κ2) is 3.81. The Labute approximate surface area is 122 Å². The molecule has 0 aromatic rings. The summed E-state index contributed by atoms with van der Waals surface area (Å²) in [7, 11) is 0. The van der Waals surface area contributed by atoms with Crippen LogP contribution in [-0.2, 0) is 9.53 Å². The normalized spacial score (nSPS) is 52.4. The molecule has 0 spiro atoms. The lowest BCUT2D eigenvalue weighted by Crippen LogP contribution is -2.55. The van der Waals surface area contributed by atoms with Crippen LogP contribution in [0.4, 0.5) is 0 Å². The molecule has 0 amide bonds. The molecule has 2 nitrogen and oxygen atoms in total. The van der Waals surface area contributed by atoms with Crippen LogP contribution >= 0.6 is 0 Å². The third-order valence-corrected chi connectivity index (χ3v) is 7.37. The van der Waals surface area contributed by atoms with E-state index in [9.17, 15) is 4.79 Å². The van der Waals surface area contributed by atoms with Crippen LogP contribution < -0.4 is 0 Å². The Morgan fingerprint density at radius 3 is 2.30 bits per heavy atom. The molecular weight excluding hydrogens is 248 g/mol. The number of fused-ring (bicyclic) bond motifs is 9. The number of carbonyl (C=O) groups excluding carboxylic acids is 1. The first kappa shape index (κ1) is 13.2. The minimum Gasteiger partial charge on any atom is -0.458 e. The molecule has 4 aliphatic carbocycles. The monoisotopic (exact) mass is 276 g/mol. The fourth-order valence-corrected chi connectivity index (χ4v) is 6.97. The SMILES string of the molecule is CC(=O)OC1(C(C)(C)C)CC2CC1C1C3CCC(C3)C21. The second-order valence-electron chi connectivity index (χ2n) is 9.03. The number of carbonyl (C=O) groups is 1. The lowest BCUT2D eigenvalue weighted by atomic mass is 9.59. The first-order chi connectivity index (χ1) is 9.33. The van der Waals surface area contributed by atoms with E-state index < -0.39 is 0 Å². The zero-order valence-corrected chi connectivity index (χ0v) is 13.3. The average Bonchev–Trinajstić information content (AvgIpc) is 3.03. The minimum atomic E-state index is -0.185. The van der Waals surface area contributed by atoms with Gasteiger partial charge < -0.3 is 4.74 Å². The first-order valence-electron chi connectivity index (χ1n) is 8.53. The lowest BCUT2D eigenvalue weighted by molar-refractivity contribution is -0.191. The van der Waals surface area contributed by atoms with Crippen molar-refractivity contribution in [2.45, 2.75) is 65.4 Å². The van der Waals surface area contributed by atoms with Crippen molar-refractivity contribution in [3.63, 3.8) is 0 Å². The molecule has 7 atom stereocenters. The molecular formula is C18H28O2. The van der Waals surface area contributed by atoms with Crippen LogP contribution in [0.5, 0.6) is 0 Å². The first-order valence-corrected chi connectivity index (χ1v) is 8.53. The Kier molecular flexibility index (Phi) is 2.51. The fourth-order valence-electron chi connectivity index (χ4n) is 6.97. The number of rotatable bonds is 1. The van der Waals surface area contributed by atoms with E-state index >= 15 is 0 Å². The number of hydrogen-bond acceptors (Lipinski definition) is 2. The van der Waals surface area contributed by atoms with Gasteiger partial charge in [-0.15, -0.1) is 0 Å². The molecule has 0 radical (unpaired) electrons. The zero-order chi connectivity index (χ0) is 14.3. The molecule has 0 aliphatic heterocycles. The molecule has 2 heteroatoms. The van der Waals surface area contributed by atoms with E-state index in [1.165, 1.54) is 25.7 Å². The van der Waals surface area contributed by atoms with Crippen LogP contribution in [0.3, 0.4) is 0 Å². The molecule has 112 valence electrons. The van der Waals surface area contributed by atoms with Crippen molar-refractivity contribution in [3.05, 3.63) is 0 Å². The molecule has 4 fully saturated rings. The predicted octanol–water partition coefficient (Wildman–Crippen LogP) is 4.04. The average molecular weight is 276 g/mol. The maximum atomic E-state index is 11.8. The third-order valence-electron chi connectivity index (χ3n) is 7.37. The van der Waals surface area contributed by atoms with Gasteiger partial charge in [0.15, 0.2) is 0 Å². The molecule has 0 aromatic heterocycles. The van der Waals surface area contributed by atoms with Crippen molar-refractivity contribution >= 4 is 5.97 Å². The quantitative estimate of drug-likeness (QED) is 0.534. The summed E-state index contributed by atoms with van der Waals surface area (Å²) in [6, 6.07) is 0. The van der Waals surface area contributed by atoms with Gasteiger partial charge >= 0.3 is 5.97 Å². The summed E-state index contributed by atoms with van der Waals surface area (Å²) in [5, 5.41) is 0. The summed E-state index contributed by atoms with van der Waals surface area (Å²) < 4.78 is 6.07. The van der Waals surface area contributed by atoms with E-state index in [1.807, 2.05) is 0 Å². The summed E-state index contributed by atoms with van der Waals surface area (Å²) in [5.74, 6) is 5.19. The summed E-state index contributed by atoms with van der Waals surface area (Å²) in [6.07, 6.45) is 6.85. The van der Waals surface area contributed by atoms with Crippen molar-refractivity contribution in [2.75, 3.05) is 0 Å². The maximum Gasteiger partial charge on any atom is 0.303 e. The molecule has 0 N–H and O–H groups in total. The highest BCUT2D eigenvalue weighted by Crippen LogP contribution is 2.72. The van der Waals surface area contributed by atoms with Crippen LogP contribution in [0.25, 0.3) is 0 Å². The van der Waals surface area contributed by atoms with Crippen molar-refractivity contribution in [1.82, 2.24) is 0 Å². The van der Waals surface area contributed by atoms with Gasteiger partial charge in [0.2, 0.25) is 0 Å². The standard InChI is InChI=1S/C18H28O2/c1-10(19)20-18(17(2,3)4)9-13-8-14(18)16-12-6-5-11(7-12)15(13)16/h11-16H,5-9H2,1-4H3. The van der Waals surface area contributed by atoms with Gasteiger partial charge in [-0.2, -0.15) is 0 Å². The van der Waals surface area contributed by atoms with E-state index in [4.69, 9.17) is 4.74 Å². The fraction of sp³-hybridized carbons (Fsp3) is 0.944. The van der Waals surface area contributed by atoms with Gasteiger partial charge in [0.25, 0.3) is 0 Å². The molecule has 0 saturated heterocycles. The predicted molar refractivity (Wildman–Crippen MR) is 78.0 cm³/mol. The molecule has 0 aromatic carbocycles. The Hall–Kier alpha value is -0.530. The van der Waals surface area contributed by atoms with Crippen molar-refractivity contribution in [3.8, 4) is 0 Å². The number of esters is 1. The van der Waals surface area contributed by atoms with Crippen LogP contribution in [-0.4, -0.2) is 11.6 Å². The smallest absolute Gasteiger partial charge is 0.303 e. The Balaban J connectivity index is 1.72. The van der Waals surface area contributed by atoms with Crippen molar-refractivity contribution in [2.24, 2.45) is 40.9 Å². The second-order valence-corrected chi connectivity index (χ2v) is 9.03. The van der Waals surface area contributed by atoms with Gasteiger partial charge in [-0.1, -0.05) is 20.8 Å². The highest BCUT2D eigenvalue weighted by molar-refractivity contribution is 5.67. The van der Waals surface area contributed by atoms with Gasteiger partial charge in [0, 0.05) is 18.3 Å². The van der Waals surface area contributed by atoms with E-state index in [0.717, 1.165) is 36.0 Å². The van der Waals surface area contributed by atoms with Crippen LogP contribution in [0.1, 0.15) is 59.8 Å². The molecule has 4 aliphatic rings. The summed E-state index contributed by atoms with van der Waals surface area (Å²) in [4.78, 5) is 11.8. The molecule has 4 rings (SSSR count).